The summed E-state index contributed by atoms with van der Waals surface area (Å²) in [6.07, 6.45) is 2.65. The van der Waals surface area contributed by atoms with Gasteiger partial charge < -0.3 is 15.4 Å². The summed E-state index contributed by atoms with van der Waals surface area (Å²) in [5.41, 5.74) is 2.04. The highest BCUT2D eigenvalue weighted by molar-refractivity contribution is 6.44. The number of halogens is 4. The van der Waals surface area contributed by atoms with Gasteiger partial charge in [0.1, 0.15) is 18.0 Å². The van der Waals surface area contributed by atoms with E-state index in [4.69, 9.17) is 39.5 Å². The Labute approximate surface area is 236 Å². The minimum absolute atomic E-state index is 0.0521. The van der Waals surface area contributed by atoms with Crippen LogP contribution in [0.2, 0.25) is 15.1 Å². The Morgan fingerprint density at radius 2 is 1.77 bits per heavy atom. The number of hydrogen-bond acceptors (Lipinski definition) is 6. The summed E-state index contributed by atoms with van der Waals surface area (Å²) in [5.74, 6) is -2.38. The SMILES string of the molecule is O=C(NC1N=C(c2c(Cl)cc(Cl)cc2Cl)c2ccccc2NC1=O)c1cc(F)cnc1OCc1ccncc1. The molecule has 0 fully saturated rings. The number of amides is 2. The molecule has 1 aliphatic heterocycles. The third-order valence-corrected chi connectivity index (χ3v) is 6.46. The Morgan fingerprint density at radius 1 is 1.05 bits per heavy atom. The summed E-state index contributed by atoms with van der Waals surface area (Å²) < 4.78 is 19.8. The minimum Gasteiger partial charge on any atom is -0.472 e. The van der Waals surface area contributed by atoms with Crippen LogP contribution in [-0.2, 0) is 11.4 Å². The lowest BCUT2D eigenvalue weighted by molar-refractivity contribution is -0.117. The van der Waals surface area contributed by atoms with Crippen molar-refractivity contribution in [2.24, 2.45) is 4.99 Å². The molecule has 0 radical (unpaired) electrons. The van der Waals surface area contributed by atoms with Gasteiger partial charge in [-0.15, -0.1) is 0 Å². The third kappa shape index (κ3) is 5.85. The first kappa shape index (κ1) is 26.6. The number of aromatic nitrogens is 2. The Hall–Kier alpha value is -4.05. The molecule has 0 bridgehead atoms. The molecule has 196 valence electrons. The summed E-state index contributed by atoms with van der Waals surface area (Å²) in [5, 5.41) is 5.98. The predicted molar refractivity (Wildman–Crippen MR) is 146 cm³/mol. The van der Waals surface area contributed by atoms with Crippen molar-refractivity contribution >= 4 is 58.0 Å². The number of ether oxygens (including phenoxy) is 1. The van der Waals surface area contributed by atoms with E-state index in [0.29, 0.717) is 21.8 Å². The molecular weight excluding hydrogens is 568 g/mol. The number of nitrogens with one attached hydrogen (secondary N) is 2. The van der Waals surface area contributed by atoms with E-state index in [-0.39, 0.29) is 33.8 Å². The first-order valence-electron chi connectivity index (χ1n) is 11.4. The Bertz CT molecular complexity index is 1590. The van der Waals surface area contributed by atoms with Crippen LogP contribution in [0.1, 0.15) is 27.0 Å². The minimum atomic E-state index is -1.45. The summed E-state index contributed by atoms with van der Waals surface area (Å²) in [7, 11) is 0. The van der Waals surface area contributed by atoms with Crippen LogP contribution in [0.15, 0.2) is 78.2 Å². The van der Waals surface area contributed by atoms with Crippen LogP contribution in [0.5, 0.6) is 5.88 Å². The molecule has 2 amide bonds. The molecule has 12 heteroatoms. The highest BCUT2D eigenvalue weighted by Gasteiger charge is 2.30. The van der Waals surface area contributed by atoms with Crippen LogP contribution in [0.4, 0.5) is 10.1 Å². The number of benzodiazepines with no additional fused rings is 1. The van der Waals surface area contributed by atoms with Crippen molar-refractivity contribution in [1.29, 1.82) is 0 Å². The molecule has 1 aliphatic rings. The van der Waals surface area contributed by atoms with Gasteiger partial charge in [-0.05, 0) is 42.0 Å². The predicted octanol–water partition coefficient (Wildman–Crippen LogP) is 5.70. The van der Waals surface area contributed by atoms with E-state index < -0.39 is 23.8 Å². The molecule has 5 rings (SSSR count). The maximum absolute atomic E-state index is 14.1. The van der Waals surface area contributed by atoms with E-state index in [2.05, 4.69) is 25.6 Å². The van der Waals surface area contributed by atoms with Gasteiger partial charge in [0.15, 0.2) is 0 Å². The van der Waals surface area contributed by atoms with Gasteiger partial charge in [0.25, 0.3) is 11.8 Å². The molecule has 2 N–H and O–H groups in total. The van der Waals surface area contributed by atoms with E-state index in [1.807, 2.05) is 0 Å². The number of pyridine rings is 2. The first-order valence-corrected chi connectivity index (χ1v) is 12.5. The van der Waals surface area contributed by atoms with Gasteiger partial charge in [-0.2, -0.15) is 0 Å². The molecule has 0 aliphatic carbocycles. The number of aliphatic imine (C=N–C) groups is 1. The summed E-state index contributed by atoms with van der Waals surface area (Å²) in [6.45, 7) is 0.0521. The summed E-state index contributed by atoms with van der Waals surface area (Å²) >= 11 is 19.1. The topological polar surface area (TPSA) is 106 Å². The molecule has 2 aromatic heterocycles. The molecule has 0 saturated carbocycles. The average Bonchev–Trinajstić information content (AvgIpc) is 3.04. The van der Waals surface area contributed by atoms with Gasteiger partial charge in [-0.1, -0.05) is 53.0 Å². The molecule has 3 heterocycles. The molecule has 8 nitrogen and oxygen atoms in total. The van der Waals surface area contributed by atoms with Gasteiger partial charge in [-0.3, -0.25) is 14.6 Å². The quantitative estimate of drug-likeness (QED) is 0.302. The summed E-state index contributed by atoms with van der Waals surface area (Å²) in [6, 6.07) is 14.3. The van der Waals surface area contributed by atoms with Crippen molar-refractivity contribution in [2.45, 2.75) is 12.8 Å². The smallest absolute Gasteiger partial charge is 0.269 e. The van der Waals surface area contributed by atoms with Crippen LogP contribution in [-0.4, -0.2) is 33.7 Å². The molecule has 0 saturated heterocycles. The molecule has 4 aromatic rings. The highest BCUT2D eigenvalue weighted by Crippen LogP contribution is 2.34. The lowest BCUT2D eigenvalue weighted by Gasteiger charge is -2.16. The summed E-state index contributed by atoms with van der Waals surface area (Å²) in [4.78, 5) is 38.9. The van der Waals surface area contributed by atoms with E-state index in [9.17, 15) is 14.0 Å². The monoisotopic (exact) mass is 583 g/mol. The second kappa shape index (κ2) is 11.4. The van der Waals surface area contributed by atoms with Crippen molar-refractivity contribution in [3.05, 3.63) is 116 Å². The van der Waals surface area contributed by atoms with Gasteiger partial charge in [0.05, 0.1) is 27.6 Å². The van der Waals surface area contributed by atoms with Crippen molar-refractivity contribution in [1.82, 2.24) is 15.3 Å². The molecule has 39 heavy (non-hydrogen) atoms. The molecule has 1 atom stereocenters. The van der Waals surface area contributed by atoms with Crippen LogP contribution in [0.3, 0.4) is 0 Å². The Balaban J connectivity index is 1.51. The van der Waals surface area contributed by atoms with Gasteiger partial charge in [-0.25, -0.2) is 14.4 Å². The van der Waals surface area contributed by atoms with Gasteiger partial charge in [0.2, 0.25) is 12.0 Å². The average molecular weight is 585 g/mol. The van der Waals surface area contributed by atoms with Crippen LogP contribution < -0.4 is 15.4 Å². The standard InChI is InChI=1S/C27H17Cl3FN5O3/c28-15-9-19(29)22(20(30)10-15)23-17-3-1-2-4-21(17)34-26(38)24(35-23)36-25(37)18-11-16(31)12-33-27(18)39-13-14-5-7-32-8-6-14/h1-12,24H,13H2,(H,34,38)(H,36,37). The number of benzene rings is 2. The van der Waals surface area contributed by atoms with Crippen LogP contribution in [0.25, 0.3) is 0 Å². The number of hydrogen-bond donors (Lipinski definition) is 2. The number of anilines is 1. The maximum Gasteiger partial charge on any atom is 0.269 e. The van der Waals surface area contributed by atoms with Crippen molar-refractivity contribution in [2.75, 3.05) is 5.32 Å². The van der Waals surface area contributed by atoms with Crippen LogP contribution in [0, 0.1) is 5.82 Å². The fraction of sp³-hybridized carbons (Fsp3) is 0.0741. The Morgan fingerprint density at radius 3 is 2.51 bits per heavy atom. The zero-order valence-electron chi connectivity index (χ0n) is 19.8. The molecule has 2 aromatic carbocycles. The Kier molecular flexibility index (Phi) is 7.74. The molecular formula is C27H17Cl3FN5O3. The first-order chi connectivity index (χ1) is 18.8. The number of rotatable bonds is 6. The zero-order valence-corrected chi connectivity index (χ0v) is 22.1. The normalized spacial score (nSPS) is 14.5. The highest BCUT2D eigenvalue weighted by atomic mass is 35.5. The second-order valence-electron chi connectivity index (χ2n) is 8.28. The fourth-order valence-electron chi connectivity index (χ4n) is 3.86. The third-order valence-electron chi connectivity index (χ3n) is 5.65. The fourth-order valence-corrected chi connectivity index (χ4v) is 4.86. The number of carbonyl (C=O) groups is 2. The number of fused-ring (bicyclic) bond motifs is 1. The van der Waals surface area contributed by atoms with Crippen molar-refractivity contribution in [3.8, 4) is 5.88 Å². The number of nitrogens with zero attached hydrogens (tertiary/aromatic N) is 3. The van der Waals surface area contributed by atoms with Crippen molar-refractivity contribution in [3.63, 3.8) is 0 Å². The van der Waals surface area contributed by atoms with E-state index in [1.165, 1.54) is 12.1 Å². The second-order valence-corrected chi connectivity index (χ2v) is 9.53. The number of para-hydroxylation sites is 1. The van der Waals surface area contributed by atoms with Gasteiger partial charge in [0, 0.05) is 28.5 Å². The number of carbonyl (C=O) groups excluding carboxylic acids is 2. The lowest BCUT2D eigenvalue weighted by Crippen LogP contribution is -2.42. The van der Waals surface area contributed by atoms with Gasteiger partial charge >= 0.3 is 0 Å². The van der Waals surface area contributed by atoms with E-state index in [0.717, 1.165) is 17.8 Å². The largest absolute Gasteiger partial charge is 0.472 e. The molecule has 0 spiro atoms. The zero-order chi connectivity index (χ0) is 27.5. The van der Waals surface area contributed by atoms with E-state index >= 15 is 0 Å². The van der Waals surface area contributed by atoms with Crippen LogP contribution >= 0.6 is 34.8 Å². The maximum atomic E-state index is 14.1. The van der Waals surface area contributed by atoms with Crippen molar-refractivity contribution < 1.29 is 18.7 Å². The molecule has 1 unspecified atom stereocenters. The lowest BCUT2D eigenvalue weighted by atomic mass is 10.0. The van der Waals surface area contributed by atoms with E-state index in [1.54, 1.807) is 48.8 Å².